The zero-order valence-corrected chi connectivity index (χ0v) is 16.3. The Morgan fingerprint density at radius 2 is 2.04 bits per heavy atom. The summed E-state index contributed by atoms with van der Waals surface area (Å²) in [5, 5.41) is 8.23. The van der Waals surface area contributed by atoms with Gasteiger partial charge in [-0.1, -0.05) is 13.3 Å². The highest BCUT2D eigenvalue weighted by Crippen LogP contribution is 2.32. The molecule has 1 saturated carbocycles. The standard InChI is InChI=1S/C20H33N5O/c1-3-4-15(2)23-9-11-24(12-10-23)20(26)19-17-13-21-8-7-18(17)25(22-19)14-16-5-6-16/h15-16,21H,3-14H2,1-2H3. The van der Waals surface area contributed by atoms with Gasteiger partial charge in [-0.3, -0.25) is 14.4 Å². The van der Waals surface area contributed by atoms with Crippen LogP contribution in [0.4, 0.5) is 0 Å². The summed E-state index contributed by atoms with van der Waals surface area (Å²) in [5.74, 6) is 0.919. The maximum Gasteiger partial charge on any atom is 0.274 e. The summed E-state index contributed by atoms with van der Waals surface area (Å²) < 4.78 is 2.15. The fraction of sp³-hybridized carbons (Fsp3) is 0.800. The number of nitrogens with one attached hydrogen (secondary N) is 1. The average molecular weight is 360 g/mol. The van der Waals surface area contributed by atoms with Crippen molar-refractivity contribution in [3.8, 4) is 0 Å². The van der Waals surface area contributed by atoms with Gasteiger partial charge in [-0.2, -0.15) is 5.10 Å². The predicted molar refractivity (Wildman–Crippen MR) is 102 cm³/mol. The lowest BCUT2D eigenvalue weighted by molar-refractivity contribution is 0.0567. The van der Waals surface area contributed by atoms with E-state index in [-0.39, 0.29) is 5.91 Å². The highest BCUT2D eigenvalue weighted by Gasteiger charge is 2.32. The van der Waals surface area contributed by atoms with Crippen LogP contribution in [0.3, 0.4) is 0 Å². The number of rotatable bonds is 6. The first kappa shape index (κ1) is 18.0. The van der Waals surface area contributed by atoms with E-state index in [9.17, 15) is 4.79 Å². The van der Waals surface area contributed by atoms with Gasteiger partial charge in [0.15, 0.2) is 5.69 Å². The SMILES string of the molecule is CCCC(C)N1CCN(C(=O)c2nn(CC3CC3)c3c2CNCC3)CC1. The zero-order valence-electron chi connectivity index (χ0n) is 16.3. The lowest BCUT2D eigenvalue weighted by atomic mass is 10.1. The molecule has 4 rings (SSSR count). The molecule has 3 heterocycles. The molecule has 2 fully saturated rings. The van der Waals surface area contributed by atoms with Crippen LogP contribution in [0.1, 0.15) is 61.3 Å². The Morgan fingerprint density at radius 1 is 1.27 bits per heavy atom. The molecule has 0 bridgehead atoms. The molecule has 6 nitrogen and oxygen atoms in total. The van der Waals surface area contributed by atoms with E-state index in [2.05, 4.69) is 28.7 Å². The minimum absolute atomic E-state index is 0.141. The van der Waals surface area contributed by atoms with E-state index >= 15 is 0 Å². The first-order valence-corrected chi connectivity index (χ1v) is 10.5. The molecule has 0 aromatic carbocycles. The van der Waals surface area contributed by atoms with E-state index in [1.807, 2.05) is 4.90 Å². The molecule has 6 heteroatoms. The minimum atomic E-state index is 0.141. The van der Waals surface area contributed by atoms with Crippen LogP contribution in [-0.4, -0.2) is 64.3 Å². The van der Waals surface area contributed by atoms with Crippen LogP contribution in [0.25, 0.3) is 0 Å². The smallest absolute Gasteiger partial charge is 0.274 e. The molecule has 0 radical (unpaired) electrons. The third kappa shape index (κ3) is 3.67. The molecule has 26 heavy (non-hydrogen) atoms. The van der Waals surface area contributed by atoms with Gasteiger partial charge in [-0.15, -0.1) is 0 Å². The Morgan fingerprint density at radius 3 is 2.73 bits per heavy atom. The maximum atomic E-state index is 13.2. The van der Waals surface area contributed by atoms with Gasteiger partial charge < -0.3 is 10.2 Å². The Kier molecular flexibility index (Phi) is 5.32. The van der Waals surface area contributed by atoms with E-state index in [4.69, 9.17) is 5.10 Å². The number of hydrogen-bond donors (Lipinski definition) is 1. The van der Waals surface area contributed by atoms with E-state index in [0.29, 0.717) is 11.7 Å². The zero-order chi connectivity index (χ0) is 18.1. The average Bonchev–Trinajstić information content (AvgIpc) is 3.42. The topological polar surface area (TPSA) is 53.4 Å². The van der Waals surface area contributed by atoms with Crippen LogP contribution in [-0.2, 0) is 19.5 Å². The molecule has 0 spiro atoms. The molecule has 1 unspecified atom stereocenters. The maximum absolute atomic E-state index is 13.2. The summed E-state index contributed by atoms with van der Waals surface area (Å²) in [4.78, 5) is 17.7. The number of nitrogens with zero attached hydrogens (tertiary/aromatic N) is 4. The number of hydrogen-bond acceptors (Lipinski definition) is 4. The van der Waals surface area contributed by atoms with Gasteiger partial charge in [0.2, 0.25) is 0 Å². The molecular weight excluding hydrogens is 326 g/mol. The lowest BCUT2D eigenvalue weighted by Gasteiger charge is -2.38. The molecule has 2 aliphatic heterocycles. The monoisotopic (exact) mass is 359 g/mol. The summed E-state index contributed by atoms with van der Waals surface area (Å²) in [6.07, 6.45) is 6.07. The highest BCUT2D eigenvalue weighted by atomic mass is 16.2. The first-order chi connectivity index (χ1) is 12.7. The van der Waals surface area contributed by atoms with Crippen molar-refractivity contribution in [3.63, 3.8) is 0 Å². The molecule has 1 amide bonds. The summed E-state index contributed by atoms with van der Waals surface area (Å²) in [5.41, 5.74) is 3.17. The third-order valence-corrected chi connectivity index (χ3v) is 6.27. The van der Waals surface area contributed by atoms with Crippen LogP contribution >= 0.6 is 0 Å². The van der Waals surface area contributed by atoms with Crippen molar-refractivity contribution < 1.29 is 4.79 Å². The number of amides is 1. The van der Waals surface area contributed by atoms with Gasteiger partial charge >= 0.3 is 0 Å². The summed E-state index contributed by atoms with van der Waals surface area (Å²) in [6, 6.07) is 0.618. The minimum Gasteiger partial charge on any atom is -0.335 e. The van der Waals surface area contributed by atoms with Crippen molar-refractivity contribution in [2.45, 2.75) is 65.1 Å². The number of piperazine rings is 1. The lowest BCUT2D eigenvalue weighted by Crippen LogP contribution is -2.51. The summed E-state index contributed by atoms with van der Waals surface area (Å²) >= 11 is 0. The van der Waals surface area contributed by atoms with Gasteiger partial charge in [0.05, 0.1) is 0 Å². The van der Waals surface area contributed by atoms with Crippen LogP contribution in [0.15, 0.2) is 0 Å². The van der Waals surface area contributed by atoms with Gasteiger partial charge in [-0.25, -0.2) is 0 Å². The van der Waals surface area contributed by atoms with E-state index in [1.165, 1.54) is 31.4 Å². The predicted octanol–water partition coefficient (Wildman–Crippen LogP) is 1.89. The summed E-state index contributed by atoms with van der Waals surface area (Å²) in [6.45, 7) is 10.9. The highest BCUT2D eigenvalue weighted by molar-refractivity contribution is 5.94. The Labute approximate surface area is 156 Å². The Balaban J connectivity index is 1.46. The summed E-state index contributed by atoms with van der Waals surface area (Å²) in [7, 11) is 0. The molecule has 3 aliphatic rings. The van der Waals surface area contributed by atoms with Crippen molar-refractivity contribution >= 4 is 5.91 Å². The number of carbonyl (C=O) groups is 1. The molecule has 1 aromatic rings. The third-order valence-electron chi connectivity index (χ3n) is 6.27. The van der Waals surface area contributed by atoms with Gasteiger partial charge in [0.1, 0.15) is 0 Å². The molecule has 1 saturated heterocycles. The first-order valence-electron chi connectivity index (χ1n) is 10.5. The fourth-order valence-corrected chi connectivity index (χ4v) is 4.40. The van der Waals surface area contributed by atoms with Crippen molar-refractivity contribution in [1.29, 1.82) is 0 Å². The van der Waals surface area contributed by atoms with Crippen molar-refractivity contribution in [3.05, 3.63) is 17.0 Å². The number of aromatic nitrogens is 2. The molecule has 1 N–H and O–H groups in total. The Hall–Kier alpha value is -1.40. The van der Waals surface area contributed by atoms with Crippen molar-refractivity contribution in [2.24, 2.45) is 5.92 Å². The second-order valence-electron chi connectivity index (χ2n) is 8.29. The molecule has 144 valence electrons. The Bertz CT molecular complexity index is 643. The van der Waals surface area contributed by atoms with Crippen LogP contribution in [0.5, 0.6) is 0 Å². The quantitative estimate of drug-likeness (QED) is 0.843. The van der Waals surface area contributed by atoms with Crippen LogP contribution in [0.2, 0.25) is 0 Å². The van der Waals surface area contributed by atoms with E-state index in [1.54, 1.807) is 0 Å². The van der Waals surface area contributed by atoms with E-state index in [0.717, 1.165) is 63.7 Å². The normalized spacial score (nSPS) is 22.3. The van der Waals surface area contributed by atoms with Gasteiger partial charge in [-0.05, 0) is 32.1 Å². The second-order valence-corrected chi connectivity index (χ2v) is 8.29. The number of fused-ring (bicyclic) bond motifs is 1. The van der Waals surface area contributed by atoms with Crippen molar-refractivity contribution in [1.82, 2.24) is 24.9 Å². The van der Waals surface area contributed by atoms with Crippen molar-refractivity contribution in [2.75, 3.05) is 32.7 Å². The molecular formula is C20H33N5O. The van der Waals surface area contributed by atoms with Crippen LogP contribution in [0, 0.1) is 5.92 Å². The van der Waals surface area contributed by atoms with Gasteiger partial charge in [0.25, 0.3) is 5.91 Å². The second kappa shape index (κ2) is 7.69. The van der Waals surface area contributed by atoms with Gasteiger partial charge in [0, 0.05) is 69.5 Å². The van der Waals surface area contributed by atoms with Crippen LogP contribution < -0.4 is 5.32 Å². The number of carbonyl (C=O) groups excluding carboxylic acids is 1. The van der Waals surface area contributed by atoms with E-state index < -0.39 is 0 Å². The molecule has 1 aromatic heterocycles. The largest absolute Gasteiger partial charge is 0.335 e. The fourth-order valence-electron chi connectivity index (χ4n) is 4.40. The molecule has 1 atom stereocenters. The molecule has 1 aliphatic carbocycles.